The van der Waals surface area contributed by atoms with Gasteiger partial charge in [0.1, 0.15) is 12.2 Å². The Morgan fingerprint density at radius 1 is 1.42 bits per heavy atom. The lowest BCUT2D eigenvalue weighted by Gasteiger charge is -2.19. The van der Waals surface area contributed by atoms with E-state index in [-0.39, 0.29) is 41.0 Å². The van der Waals surface area contributed by atoms with Gasteiger partial charge in [0.15, 0.2) is 5.75 Å². The average Bonchev–Trinajstić information content (AvgIpc) is 2.94. The van der Waals surface area contributed by atoms with E-state index in [4.69, 9.17) is 32.7 Å². The fourth-order valence-corrected chi connectivity index (χ4v) is 3.56. The van der Waals surface area contributed by atoms with Gasteiger partial charge in [-0.15, -0.1) is 0 Å². The third kappa shape index (κ3) is 4.14. The van der Waals surface area contributed by atoms with Gasteiger partial charge in [0.2, 0.25) is 0 Å². The van der Waals surface area contributed by atoms with E-state index >= 15 is 0 Å². The number of halogens is 2. The molecule has 5 nitrogen and oxygen atoms in total. The summed E-state index contributed by atoms with van der Waals surface area (Å²) in [5.41, 5.74) is 0.137. The minimum absolute atomic E-state index is 0.0732. The number of carbonyl (C=O) groups is 1. The van der Waals surface area contributed by atoms with Gasteiger partial charge in [0.25, 0.3) is 0 Å². The van der Waals surface area contributed by atoms with Crippen molar-refractivity contribution < 1.29 is 19.4 Å². The lowest BCUT2D eigenvalue weighted by Crippen LogP contribution is -2.30. The number of esters is 1. The molecular formula is C17H23Cl2NO4. The van der Waals surface area contributed by atoms with E-state index in [9.17, 15) is 9.90 Å². The van der Waals surface area contributed by atoms with Crippen LogP contribution >= 0.6 is 23.2 Å². The van der Waals surface area contributed by atoms with Crippen molar-refractivity contribution >= 4 is 29.2 Å². The number of methoxy groups -OCH3 is 1. The zero-order valence-electron chi connectivity index (χ0n) is 14.1. The summed E-state index contributed by atoms with van der Waals surface area (Å²) in [7, 11) is 3.39. The molecular weight excluding hydrogens is 353 g/mol. The third-order valence-corrected chi connectivity index (χ3v) is 5.17. The Kier molecular flexibility index (Phi) is 6.75. The van der Waals surface area contributed by atoms with Crippen LogP contribution in [0.4, 0.5) is 0 Å². The molecule has 0 saturated carbocycles. The molecule has 0 aromatic heterocycles. The van der Waals surface area contributed by atoms with Gasteiger partial charge in [-0.2, -0.15) is 0 Å². The van der Waals surface area contributed by atoms with Crippen LogP contribution in [0.3, 0.4) is 0 Å². The lowest BCUT2D eigenvalue weighted by atomic mass is 9.97. The second-order valence-corrected chi connectivity index (χ2v) is 6.92. The highest BCUT2D eigenvalue weighted by molar-refractivity contribution is 6.37. The number of aliphatic hydroxyl groups is 1. The van der Waals surface area contributed by atoms with Crippen LogP contribution in [0.15, 0.2) is 12.1 Å². The molecule has 1 saturated heterocycles. The van der Waals surface area contributed by atoms with E-state index in [1.54, 1.807) is 12.1 Å². The molecule has 7 heteroatoms. The SMILES string of the molecule is CCC(O)C1CC(COC(=O)c2c(Cl)ccc(Cl)c2OC)N(C)C1. The standard InChI is InChI=1S/C17H23Cl2NO4/c1-4-14(21)10-7-11(20(2)8-10)9-24-17(22)15-12(18)5-6-13(19)16(15)23-3/h5-6,10-11,14,21H,4,7-9H2,1-3H3. The monoisotopic (exact) mass is 375 g/mol. The first-order valence-corrected chi connectivity index (χ1v) is 8.72. The molecule has 3 unspecified atom stereocenters. The molecule has 1 aliphatic rings. The Hall–Kier alpha value is -1.01. The van der Waals surface area contributed by atoms with Crippen molar-refractivity contribution in [2.75, 3.05) is 27.3 Å². The summed E-state index contributed by atoms with van der Waals surface area (Å²) in [5, 5.41) is 10.5. The number of benzene rings is 1. The van der Waals surface area contributed by atoms with Crippen LogP contribution in [0.25, 0.3) is 0 Å². The first-order chi connectivity index (χ1) is 11.4. The van der Waals surface area contributed by atoms with Gasteiger partial charge < -0.3 is 14.6 Å². The molecule has 0 bridgehead atoms. The van der Waals surface area contributed by atoms with Crippen LogP contribution in [0.1, 0.15) is 30.1 Å². The summed E-state index contributed by atoms with van der Waals surface area (Å²) in [4.78, 5) is 14.5. The summed E-state index contributed by atoms with van der Waals surface area (Å²) in [5.74, 6) is -0.145. The minimum Gasteiger partial charge on any atom is -0.494 e. The summed E-state index contributed by atoms with van der Waals surface area (Å²) in [6, 6.07) is 3.18. The van der Waals surface area contributed by atoms with Crippen molar-refractivity contribution in [3.8, 4) is 5.75 Å². The van der Waals surface area contributed by atoms with Gasteiger partial charge in [-0.3, -0.25) is 4.90 Å². The van der Waals surface area contributed by atoms with Crippen LogP contribution < -0.4 is 4.74 Å². The van der Waals surface area contributed by atoms with Crippen molar-refractivity contribution in [3.05, 3.63) is 27.7 Å². The third-order valence-electron chi connectivity index (χ3n) is 4.56. The zero-order chi connectivity index (χ0) is 17.9. The summed E-state index contributed by atoms with van der Waals surface area (Å²) in [6.45, 7) is 2.98. The van der Waals surface area contributed by atoms with Crippen LogP contribution in [0.2, 0.25) is 10.0 Å². The number of likely N-dealkylation sites (tertiary alicyclic amines) is 1. The van der Waals surface area contributed by atoms with Crippen LogP contribution in [0, 0.1) is 5.92 Å². The van der Waals surface area contributed by atoms with Crippen LogP contribution in [-0.2, 0) is 4.74 Å². The molecule has 1 heterocycles. The Labute approximate surface area is 152 Å². The molecule has 0 radical (unpaired) electrons. The molecule has 1 aromatic carbocycles. The van der Waals surface area contributed by atoms with Gasteiger partial charge in [0.05, 0.1) is 23.3 Å². The molecule has 1 fully saturated rings. The average molecular weight is 376 g/mol. The maximum absolute atomic E-state index is 12.4. The summed E-state index contributed by atoms with van der Waals surface area (Å²) in [6.07, 6.45) is 1.19. The Bertz CT molecular complexity index is 596. The zero-order valence-corrected chi connectivity index (χ0v) is 15.6. The topological polar surface area (TPSA) is 59.0 Å². The smallest absolute Gasteiger partial charge is 0.343 e. The molecule has 3 atom stereocenters. The predicted molar refractivity (Wildman–Crippen MR) is 94.1 cm³/mol. The van der Waals surface area contributed by atoms with Crippen LogP contribution in [-0.4, -0.2) is 55.4 Å². The largest absolute Gasteiger partial charge is 0.494 e. The number of nitrogens with zero attached hydrogens (tertiary/aromatic N) is 1. The van der Waals surface area contributed by atoms with E-state index < -0.39 is 5.97 Å². The molecule has 0 aliphatic carbocycles. The summed E-state index contributed by atoms with van der Waals surface area (Å²) >= 11 is 12.1. The molecule has 2 rings (SSSR count). The number of rotatable bonds is 6. The van der Waals surface area contributed by atoms with Crippen molar-refractivity contribution in [2.24, 2.45) is 5.92 Å². The van der Waals surface area contributed by atoms with Gasteiger partial charge >= 0.3 is 5.97 Å². The van der Waals surface area contributed by atoms with Crippen molar-refractivity contribution in [3.63, 3.8) is 0 Å². The van der Waals surface area contributed by atoms with Crippen molar-refractivity contribution in [1.29, 1.82) is 0 Å². The second-order valence-electron chi connectivity index (χ2n) is 6.10. The number of hydrogen-bond acceptors (Lipinski definition) is 5. The molecule has 1 aliphatic heterocycles. The van der Waals surface area contributed by atoms with E-state index in [2.05, 4.69) is 4.90 Å². The van der Waals surface area contributed by atoms with Crippen molar-refractivity contribution in [2.45, 2.75) is 31.9 Å². The number of ether oxygens (including phenoxy) is 2. The molecule has 1 aromatic rings. The molecule has 0 spiro atoms. The summed E-state index contributed by atoms with van der Waals surface area (Å²) < 4.78 is 10.6. The highest BCUT2D eigenvalue weighted by Gasteiger charge is 2.34. The van der Waals surface area contributed by atoms with Crippen LogP contribution in [0.5, 0.6) is 5.75 Å². The number of hydrogen-bond donors (Lipinski definition) is 1. The highest BCUT2D eigenvalue weighted by atomic mass is 35.5. The van der Waals surface area contributed by atoms with Gasteiger partial charge in [-0.1, -0.05) is 30.1 Å². The van der Waals surface area contributed by atoms with E-state index in [0.29, 0.717) is 5.02 Å². The molecule has 1 N–H and O–H groups in total. The molecule has 0 amide bonds. The van der Waals surface area contributed by atoms with E-state index in [0.717, 1.165) is 19.4 Å². The van der Waals surface area contributed by atoms with Gasteiger partial charge in [0, 0.05) is 12.6 Å². The normalized spacial score (nSPS) is 22.4. The minimum atomic E-state index is -0.563. The quantitative estimate of drug-likeness (QED) is 0.773. The number of likely N-dealkylation sites (N-methyl/N-ethyl adjacent to an activating group) is 1. The second kappa shape index (κ2) is 8.39. The van der Waals surface area contributed by atoms with Gasteiger partial charge in [-0.25, -0.2) is 4.79 Å². The fraction of sp³-hybridized carbons (Fsp3) is 0.588. The Morgan fingerprint density at radius 3 is 2.71 bits per heavy atom. The van der Waals surface area contributed by atoms with E-state index in [1.807, 2.05) is 14.0 Å². The first kappa shape index (κ1) is 19.3. The maximum atomic E-state index is 12.4. The number of carbonyl (C=O) groups excluding carboxylic acids is 1. The maximum Gasteiger partial charge on any atom is 0.343 e. The van der Waals surface area contributed by atoms with Gasteiger partial charge in [-0.05, 0) is 37.9 Å². The predicted octanol–water partition coefficient (Wildman–Crippen LogP) is 3.25. The Morgan fingerprint density at radius 2 is 2.08 bits per heavy atom. The number of aliphatic hydroxyl groups excluding tert-OH is 1. The Balaban J connectivity index is 2.03. The van der Waals surface area contributed by atoms with E-state index in [1.165, 1.54) is 7.11 Å². The molecule has 134 valence electrons. The molecule has 24 heavy (non-hydrogen) atoms. The highest BCUT2D eigenvalue weighted by Crippen LogP contribution is 2.34. The van der Waals surface area contributed by atoms with Crippen molar-refractivity contribution in [1.82, 2.24) is 4.90 Å². The lowest BCUT2D eigenvalue weighted by molar-refractivity contribution is 0.0412. The fourth-order valence-electron chi connectivity index (χ4n) is 3.10. The first-order valence-electron chi connectivity index (χ1n) is 7.96.